The molecule has 7 heteroatoms. The Balaban J connectivity index is 1.54. The summed E-state index contributed by atoms with van der Waals surface area (Å²) in [6, 6.07) is 10.9. The van der Waals surface area contributed by atoms with E-state index >= 15 is 0 Å². The van der Waals surface area contributed by atoms with Crippen LogP contribution in [-0.2, 0) is 17.8 Å². The van der Waals surface area contributed by atoms with Gasteiger partial charge in [0.1, 0.15) is 11.5 Å². The van der Waals surface area contributed by atoms with Gasteiger partial charge in [0.05, 0.1) is 6.54 Å². The van der Waals surface area contributed by atoms with E-state index in [1.807, 2.05) is 31.2 Å². The van der Waals surface area contributed by atoms with Gasteiger partial charge in [-0.3, -0.25) is 4.79 Å². The number of aryl methyl sites for hydroxylation is 2. The van der Waals surface area contributed by atoms with Gasteiger partial charge >= 0.3 is 0 Å². The molecule has 25 heavy (non-hydrogen) atoms. The van der Waals surface area contributed by atoms with Crippen LogP contribution < -0.4 is 0 Å². The highest BCUT2D eigenvalue weighted by Crippen LogP contribution is 2.19. The van der Waals surface area contributed by atoms with Gasteiger partial charge in [-0.05, 0) is 43.3 Å². The summed E-state index contributed by atoms with van der Waals surface area (Å²) in [7, 11) is 1.74. The molecule has 0 aliphatic rings. The second-order valence-electron chi connectivity index (χ2n) is 5.78. The van der Waals surface area contributed by atoms with E-state index < -0.39 is 0 Å². The third-order valence-electron chi connectivity index (χ3n) is 3.74. The van der Waals surface area contributed by atoms with Gasteiger partial charge < -0.3 is 13.8 Å². The topological polar surface area (TPSA) is 72.4 Å². The van der Waals surface area contributed by atoms with Crippen molar-refractivity contribution in [1.29, 1.82) is 0 Å². The standard InChI is InChI=1S/C18H18ClN3O3/c1-12-3-8-15(24-12)11-22(2)17(23)10-9-16-20-18(21-25-16)13-4-6-14(19)7-5-13/h3-8H,9-11H2,1-2H3. The number of hydrogen-bond acceptors (Lipinski definition) is 5. The summed E-state index contributed by atoms with van der Waals surface area (Å²) in [6.45, 7) is 2.31. The molecule has 0 saturated heterocycles. The molecule has 0 unspecified atom stereocenters. The van der Waals surface area contributed by atoms with E-state index in [-0.39, 0.29) is 5.91 Å². The van der Waals surface area contributed by atoms with Crippen LogP contribution >= 0.6 is 11.6 Å². The summed E-state index contributed by atoms with van der Waals surface area (Å²) in [6.07, 6.45) is 0.680. The molecule has 0 aliphatic carbocycles. The Morgan fingerprint density at radius 1 is 1.20 bits per heavy atom. The maximum atomic E-state index is 12.2. The van der Waals surface area contributed by atoms with Gasteiger partial charge in [-0.1, -0.05) is 16.8 Å². The predicted molar refractivity (Wildman–Crippen MR) is 93.0 cm³/mol. The quantitative estimate of drug-likeness (QED) is 0.667. The fraction of sp³-hybridized carbons (Fsp3) is 0.278. The minimum Gasteiger partial charge on any atom is -0.464 e. The van der Waals surface area contributed by atoms with Crippen LogP contribution in [0.15, 0.2) is 45.3 Å². The van der Waals surface area contributed by atoms with Crippen LogP contribution in [0.25, 0.3) is 11.4 Å². The lowest BCUT2D eigenvalue weighted by molar-refractivity contribution is -0.130. The molecule has 1 amide bonds. The van der Waals surface area contributed by atoms with Gasteiger partial charge in [0.15, 0.2) is 0 Å². The zero-order chi connectivity index (χ0) is 17.8. The Morgan fingerprint density at radius 2 is 1.96 bits per heavy atom. The smallest absolute Gasteiger partial charge is 0.227 e. The van der Waals surface area contributed by atoms with E-state index in [0.29, 0.717) is 36.1 Å². The van der Waals surface area contributed by atoms with Gasteiger partial charge in [0, 0.05) is 30.5 Å². The van der Waals surface area contributed by atoms with Gasteiger partial charge in [0.2, 0.25) is 17.6 Å². The van der Waals surface area contributed by atoms with E-state index in [2.05, 4.69) is 10.1 Å². The molecule has 0 radical (unpaired) electrons. The number of carbonyl (C=O) groups excluding carboxylic acids is 1. The Labute approximate surface area is 150 Å². The van der Waals surface area contributed by atoms with Crippen molar-refractivity contribution in [1.82, 2.24) is 15.0 Å². The summed E-state index contributed by atoms with van der Waals surface area (Å²) in [5, 5.41) is 4.59. The van der Waals surface area contributed by atoms with Gasteiger partial charge in [-0.25, -0.2) is 0 Å². The van der Waals surface area contributed by atoms with Crippen LogP contribution in [0.1, 0.15) is 23.8 Å². The third-order valence-corrected chi connectivity index (χ3v) is 3.99. The van der Waals surface area contributed by atoms with Crippen molar-refractivity contribution in [2.45, 2.75) is 26.3 Å². The minimum atomic E-state index is -0.0136. The summed E-state index contributed by atoms with van der Waals surface area (Å²) >= 11 is 5.86. The third kappa shape index (κ3) is 4.48. The Morgan fingerprint density at radius 3 is 2.64 bits per heavy atom. The molecule has 0 aliphatic heterocycles. The molecule has 1 aromatic carbocycles. The average molecular weight is 360 g/mol. The second-order valence-corrected chi connectivity index (χ2v) is 6.22. The van der Waals surface area contributed by atoms with Crippen molar-refractivity contribution >= 4 is 17.5 Å². The number of amides is 1. The van der Waals surface area contributed by atoms with Crippen molar-refractivity contribution in [3.05, 3.63) is 58.8 Å². The molecular weight excluding hydrogens is 342 g/mol. The van der Waals surface area contributed by atoms with E-state index in [1.165, 1.54) is 0 Å². The Kier molecular flexibility index (Phi) is 5.19. The molecular formula is C18H18ClN3O3. The van der Waals surface area contributed by atoms with Crippen LogP contribution in [-0.4, -0.2) is 28.0 Å². The molecule has 0 N–H and O–H groups in total. The first-order valence-electron chi connectivity index (χ1n) is 7.89. The van der Waals surface area contributed by atoms with Gasteiger partial charge in [-0.15, -0.1) is 0 Å². The number of rotatable bonds is 6. The number of nitrogens with zero attached hydrogens (tertiary/aromatic N) is 3. The maximum Gasteiger partial charge on any atom is 0.227 e. The van der Waals surface area contributed by atoms with Crippen LogP contribution in [0.3, 0.4) is 0 Å². The van der Waals surface area contributed by atoms with Crippen molar-refractivity contribution in [2.75, 3.05) is 7.05 Å². The van der Waals surface area contributed by atoms with Crippen molar-refractivity contribution in [3.63, 3.8) is 0 Å². The highest BCUT2D eigenvalue weighted by atomic mass is 35.5. The fourth-order valence-electron chi connectivity index (χ4n) is 2.37. The van der Waals surface area contributed by atoms with Crippen molar-refractivity contribution in [2.24, 2.45) is 0 Å². The zero-order valence-electron chi connectivity index (χ0n) is 14.0. The Bertz CT molecular complexity index is 855. The zero-order valence-corrected chi connectivity index (χ0v) is 14.8. The molecule has 3 aromatic rings. The number of furan rings is 1. The normalized spacial score (nSPS) is 10.8. The summed E-state index contributed by atoms with van der Waals surface area (Å²) in [5.74, 6) is 2.49. The summed E-state index contributed by atoms with van der Waals surface area (Å²) < 4.78 is 10.7. The maximum absolute atomic E-state index is 12.2. The van der Waals surface area contributed by atoms with Crippen LogP contribution in [0.2, 0.25) is 5.02 Å². The van der Waals surface area contributed by atoms with Gasteiger partial charge in [0.25, 0.3) is 0 Å². The number of carbonyl (C=O) groups is 1. The SMILES string of the molecule is Cc1ccc(CN(C)C(=O)CCc2nc(-c3ccc(Cl)cc3)no2)o1. The number of hydrogen-bond donors (Lipinski definition) is 0. The molecule has 3 rings (SSSR count). The van der Waals surface area contributed by atoms with E-state index in [1.54, 1.807) is 24.1 Å². The highest BCUT2D eigenvalue weighted by molar-refractivity contribution is 6.30. The first kappa shape index (κ1) is 17.2. The Hall–Kier alpha value is -2.60. The first-order chi connectivity index (χ1) is 12.0. The molecule has 2 heterocycles. The monoisotopic (exact) mass is 359 g/mol. The lowest BCUT2D eigenvalue weighted by Gasteiger charge is -2.14. The number of aromatic nitrogens is 2. The molecule has 2 aromatic heterocycles. The highest BCUT2D eigenvalue weighted by Gasteiger charge is 2.14. The molecule has 0 atom stereocenters. The molecule has 0 saturated carbocycles. The number of benzene rings is 1. The molecule has 130 valence electrons. The van der Waals surface area contributed by atoms with Gasteiger partial charge in [-0.2, -0.15) is 4.98 Å². The van der Waals surface area contributed by atoms with E-state index in [4.69, 9.17) is 20.5 Å². The lowest BCUT2D eigenvalue weighted by Crippen LogP contribution is -2.26. The molecule has 0 fully saturated rings. The second kappa shape index (κ2) is 7.53. The van der Waals surface area contributed by atoms with Crippen molar-refractivity contribution in [3.8, 4) is 11.4 Å². The summed E-state index contributed by atoms with van der Waals surface area (Å²) in [4.78, 5) is 18.2. The van der Waals surface area contributed by atoms with Crippen molar-refractivity contribution < 1.29 is 13.7 Å². The average Bonchev–Trinajstić information content (AvgIpc) is 3.22. The first-order valence-corrected chi connectivity index (χ1v) is 8.27. The summed E-state index contributed by atoms with van der Waals surface area (Å²) in [5.41, 5.74) is 0.816. The lowest BCUT2D eigenvalue weighted by atomic mass is 10.2. The minimum absolute atomic E-state index is 0.0136. The molecule has 0 bridgehead atoms. The largest absolute Gasteiger partial charge is 0.464 e. The van der Waals surface area contributed by atoms with Crippen LogP contribution in [0.4, 0.5) is 0 Å². The van der Waals surface area contributed by atoms with E-state index in [9.17, 15) is 4.79 Å². The molecule has 0 spiro atoms. The van der Waals surface area contributed by atoms with Crippen LogP contribution in [0.5, 0.6) is 0 Å². The predicted octanol–water partition coefficient (Wildman–Crippen LogP) is 3.88. The van der Waals surface area contributed by atoms with Crippen LogP contribution in [0, 0.1) is 6.92 Å². The molecule has 6 nitrogen and oxygen atoms in total. The number of halogens is 1. The fourth-order valence-corrected chi connectivity index (χ4v) is 2.50. The van der Waals surface area contributed by atoms with E-state index in [0.717, 1.165) is 17.1 Å².